The number of carboxylic acid groups (broad SMARTS) is 1. The SMILES string of the molecule is CC1CSCCN1C(=O)N1CCC(CCC(=O)O)C1. The molecule has 0 spiro atoms. The van der Waals surface area contributed by atoms with Crippen molar-refractivity contribution in [1.29, 1.82) is 0 Å². The van der Waals surface area contributed by atoms with Gasteiger partial charge in [-0.2, -0.15) is 11.8 Å². The number of hydrogen-bond donors (Lipinski definition) is 1. The van der Waals surface area contributed by atoms with Crippen LogP contribution < -0.4 is 0 Å². The maximum Gasteiger partial charge on any atom is 0.320 e. The molecule has 2 saturated heterocycles. The molecule has 0 aromatic rings. The summed E-state index contributed by atoms with van der Waals surface area (Å²) in [6.45, 7) is 4.44. The molecule has 0 aliphatic carbocycles. The van der Waals surface area contributed by atoms with Crippen molar-refractivity contribution in [2.45, 2.75) is 32.2 Å². The molecule has 0 aromatic heterocycles. The van der Waals surface area contributed by atoms with Gasteiger partial charge in [0.05, 0.1) is 0 Å². The average Bonchev–Trinajstić information content (AvgIpc) is 2.85. The van der Waals surface area contributed by atoms with Crippen molar-refractivity contribution in [2.24, 2.45) is 5.92 Å². The molecule has 2 atom stereocenters. The number of likely N-dealkylation sites (tertiary alicyclic amines) is 1. The Morgan fingerprint density at radius 3 is 2.84 bits per heavy atom. The van der Waals surface area contributed by atoms with Gasteiger partial charge >= 0.3 is 12.0 Å². The molecule has 2 fully saturated rings. The van der Waals surface area contributed by atoms with Crippen LogP contribution >= 0.6 is 11.8 Å². The second kappa shape index (κ2) is 6.50. The van der Waals surface area contributed by atoms with Crippen LogP contribution in [0.5, 0.6) is 0 Å². The third-order valence-corrected chi connectivity index (χ3v) is 5.13. The predicted molar refractivity (Wildman–Crippen MR) is 75.4 cm³/mol. The molecular formula is C13H22N2O3S. The number of hydrogen-bond acceptors (Lipinski definition) is 3. The lowest BCUT2D eigenvalue weighted by Gasteiger charge is -2.36. The smallest absolute Gasteiger partial charge is 0.320 e. The Kier molecular flexibility index (Phi) is 4.96. The Labute approximate surface area is 118 Å². The first-order valence-electron chi connectivity index (χ1n) is 6.93. The number of urea groups is 1. The summed E-state index contributed by atoms with van der Waals surface area (Å²) in [5, 5.41) is 8.70. The molecule has 0 aromatic carbocycles. The van der Waals surface area contributed by atoms with Crippen molar-refractivity contribution in [3.63, 3.8) is 0 Å². The van der Waals surface area contributed by atoms with Crippen LogP contribution in [0.3, 0.4) is 0 Å². The second-order valence-corrected chi connectivity index (χ2v) is 6.58. The van der Waals surface area contributed by atoms with Gasteiger partial charge in [0, 0.05) is 43.6 Å². The van der Waals surface area contributed by atoms with E-state index in [9.17, 15) is 9.59 Å². The number of carbonyl (C=O) groups excluding carboxylic acids is 1. The molecule has 108 valence electrons. The summed E-state index contributed by atoms with van der Waals surface area (Å²) in [5.41, 5.74) is 0. The van der Waals surface area contributed by atoms with Crippen molar-refractivity contribution in [1.82, 2.24) is 9.80 Å². The Morgan fingerprint density at radius 2 is 2.16 bits per heavy atom. The van der Waals surface area contributed by atoms with Crippen LogP contribution in [0, 0.1) is 5.92 Å². The predicted octanol–water partition coefficient (Wildman–Crippen LogP) is 1.73. The summed E-state index contributed by atoms with van der Waals surface area (Å²) in [4.78, 5) is 26.9. The zero-order valence-corrected chi connectivity index (χ0v) is 12.2. The van der Waals surface area contributed by atoms with Crippen molar-refractivity contribution in [3.8, 4) is 0 Å². The van der Waals surface area contributed by atoms with Gasteiger partial charge in [0.2, 0.25) is 0 Å². The van der Waals surface area contributed by atoms with Crippen LogP contribution in [0.2, 0.25) is 0 Å². The molecule has 2 rings (SSSR count). The number of amides is 2. The quantitative estimate of drug-likeness (QED) is 0.858. The van der Waals surface area contributed by atoms with Gasteiger partial charge in [-0.1, -0.05) is 0 Å². The van der Waals surface area contributed by atoms with Crippen molar-refractivity contribution >= 4 is 23.8 Å². The van der Waals surface area contributed by atoms with Gasteiger partial charge in [0.1, 0.15) is 0 Å². The number of nitrogens with zero attached hydrogens (tertiary/aromatic N) is 2. The highest BCUT2D eigenvalue weighted by molar-refractivity contribution is 7.99. The van der Waals surface area contributed by atoms with Gasteiger partial charge in [-0.3, -0.25) is 4.79 Å². The molecule has 2 aliphatic rings. The van der Waals surface area contributed by atoms with E-state index in [1.54, 1.807) is 0 Å². The third kappa shape index (κ3) is 3.78. The molecular weight excluding hydrogens is 264 g/mol. The summed E-state index contributed by atoms with van der Waals surface area (Å²) < 4.78 is 0. The van der Waals surface area contributed by atoms with Crippen LogP contribution in [-0.4, -0.2) is 64.1 Å². The van der Waals surface area contributed by atoms with Crippen LogP contribution in [0.15, 0.2) is 0 Å². The number of rotatable bonds is 3. The molecule has 2 heterocycles. The molecule has 0 bridgehead atoms. The van der Waals surface area contributed by atoms with Crippen LogP contribution in [-0.2, 0) is 4.79 Å². The topological polar surface area (TPSA) is 60.9 Å². The largest absolute Gasteiger partial charge is 0.481 e. The Hall–Kier alpha value is -0.910. The fraction of sp³-hybridized carbons (Fsp3) is 0.846. The van der Waals surface area contributed by atoms with Gasteiger partial charge in [0.15, 0.2) is 0 Å². The zero-order valence-electron chi connectivity index (χ0n) is 11.4. The minimum Gasteiger partial charge on any atom is -0.481 e. The normalized spacial score (nSPS) is 27.6. The van der Waals surface area contributed by atoms with Gasteiger partial charge in [-0.05, 0) is 25.7 Å². The number of aliphatic carboxylic acids is 1. The highest BCUT2D eigenvalue weighted by atomic mass is 32.2. The summed E-state index contributed by atoms with van der Waals surface area (Å²) in [5.74, 6) is 1.65. The molecule has 2 unspecified atom stereocenters. The number of carboxylic acids is 1. The van der Waals surface area contributed by atoms with Crippen LogP contribution in [0.25, 0.3) is 0 Å². The lowest BCUT2D eigenvalue weighted by atomic mass is 10.0. The van der Waals surface area contributed by atoms with E-state index in [0.29, 0.717) is 18.4 Å². The summed E-state index contributed by atoms with van der Waals surface area (Å²) >= 11 is 1.90. The fourth-order valence-corrected chi connectivity index (χ4v) is 3.78. The van der Waals surface area contributed by atoms with Gasteiger partial charge in [0.25, 0.3) is 0 Å². The molecule has 5 nitrogen and oxygen atoms in total. The molecule has 2 aliphatic heterocycles. The van der Waals surface area contributed by atoms with Crippen LogP contribution in [0.1, 0.15) is 26.2 Å². The van der Waals surface area contributed by atoms with E-state index in [1.165, 1.54) is 0 Å². The van der Waals surface area contributed by atoms with E-state index in [2.05, 4.69) is 6.92 Å². The van der Waals surface area contributed by atoms with Crippen molar-refractivity contribution in [3.05, 3.63) is 0 Å². The summed E-state index contributed by atoms with van der Waals surface area (Å²) in [7, 11) is 0. The maximum absolute atomic E-state index is 12.4. The van der Waals surface area contributed by atoms with E-state index in [1.807, 2.05) is 21.6 Å². The Balaban J connectivity index is 1.82. The Morgan fingerprint density at radius 1 is 1.37 bits per heavy atom. The summed E-state index contributed by atoms with van der Waals surface area (Å²) in [6, 6.07) is 0.454. The highest BCUT2D eigenvalue weighted by Gasteiger charge is 2.32. The molecule has 2 amide bonds. The molecule has 0 saturated carbocycles. The van der Waals surface area contributed by atoms with E-state index < -0.39 is 5.97 Å². The lowest BCUT2D eigenvalue weighted by molar-refractivity contribution is -0.137. The van der Waals surface area contributed by atoms with Gasteiger partial charge in [-0.15, -0.1) is 0 Å². The fourth-order valence-electron chi connectivity index (χ4n) is 2.76. The summed E-state index contributed by atoms with van der Waals surface area (Å²) in [6.07, 6.45) is 1.84. The lowest BCUT2D eigenvalue weighted by Crippen LogP contribution is -2.50. The monoisotopic (exact) mass is 286 g/mol. The first-order valence-corrected chi connectivity index (χ1v) is 8.08. The van der Waals surface area contributed by atoms with E-state index in [4.69, 9.17) is 5.11 Å². The molecule has 6 heteroatoms. The second-order valence-electron chi connectivity index (χ2n) is 5.43. The average molecular weight is 286 g/mol. The van der Waals surface area contributed by atoms with E-state index in [-0.39, 0.29) is 12.5 Å². The van der Waals surface area contributed by atoms with Gasteiger partial charge < -0.3 is 14.9 Å². The highest BCUT2D eigenvalue weighted by Crippen LogP contribution is 2.24. The zero-order chi connectivity index (χ0) is 13.8. The Bertz CT molecular complexity index is 351. The third-order valence-electron chi connectivity index (χ3n) is 3.94. The van der Waals surface area contributed by atoms with Gasteiger partial charge in [-0.25, -0.2) is 4.79 Å². The van der Waals surface area contributed by atoms with E-state index in [0.717, 1.165) is 37.6 Å². The van der Waals surface area contributed by atoms with Crippen molar-refractivity contribution < 1.29 is 14.7 Å². The molecule has 19 heavy (non-hydrogen) atoms. The maximum atomic E-state index is 12.4. The molecule has 0 radical (unpaired) electrons. The minimum absolute atomic E-state index is 0.144. The minimum atomic E-state index is -0.744. The first kappa shape index (κ1) is 14.5. The first-order chi connectivity index (χ1) is 9.08. The molecule has 1 N–H and O–H groups in total. The van der Waals surface area contributed by atoms with Crippen LogP contribution in [0.4, 0.5) is 4.79 Å². The standard InChI is InChI=1S/C13H22N2O3S/c1-10-9-19-7-6-15(10)13(18)14-5-4-11(8-14)2-3-12(16)17/h10-11H,2-9H2,1H3,(H,16,17). The van der Waals surface area contributed by atoms with Crippen molar-refractivity contribution in [2.75, 3.05) is 31.1 Å². The number of carbonyl (C=O) groups is 2. The van der Waals surface area contributed by atoms with E-state index >= 15 is 0 Å². The number of thioether (sulfide) groups is 1.